The lowest BCUT2D eigenvalue weighted by Crippen LogP contribution is -2.35. The summed E-state index contributed by atoms with van der Waals surface area (Å²) in [5.74, 6) is -0.155. The third-order valence-corrected chi connectivity index (χ3v) is 3.06. The average molecular weight is 244 g/mol. The van der Waals surface area contributed by atoms with Crippen LogP contribution in [0.15, 0.2) is 54.4 Å². The highest BCUT2D eigenvalue weighted by molar-refractivity contribution is 7.12. The number of carbonyl (C=O) groups is 1. The fraction of sp³-hybridized carbons (Fsp3) is 0. The molecular formula is C13H12N2OS. The summed E-state index contributed by atoms with van der Waals surface area (Å²) in [5.41, 5.74) is 7.01. The SMILES string of the molecule is C=C(NNC(=O)c1cccs1)c1ccccc1. The Kier molecular flexibility index (Phi) is 3.57. The molecule has 0 spiro atoms. The molecule has 0 aliphatic rings. The smallest absolute Gasteiger partial charge is 0.279 e. The van der Waals surface area contributed by atoms with E-state index in [2.05, 4.69) is 17.4 Å². The van der Waals surface area contributed by atoms with Crippen LogP contribution in [-0.4, -0.2) is 5.91 Å². The molecule has 86 valence electrons. The molecule has 0 saturated carbocycles. The molecule has 1 aromatic carbocycles. The topological polar surface area (TPSA) is 41.1 Å². The van der Waals surface area contributed by atoms with E-state index in [0.717, 1.165) is 5.56 Å². The Labute approximate surface area is 104 Å². The van der Waals surface area contributed by atoms with E-state index in [4.69, 9.17) is 0 Å². The van der Waals surface area contributed by atoms with Crippen molar-refractivity contribution in [3.05, 3.63) is 64.9 Å². The minimum Gasteiger partial charge on any atom is -0.298 e. The fourth-order valence-electron chi connectivity index (χ4n) is 1.31. The lowest BCUT2D eigenvalue weighted by molar-refractivity contribution is 0.0946. The van der Waals surface area contributed by atoms with Crippen LogP contribution in [0.2, 0.25) is 0 Å². The molecule has 0 unspecified atom stereocenters. The number of benzene rings is 1. The van der Waals surface area contributed by atoms with Gasteiger partial charge in [0, 0.05) is 0 Å². The van der Waals surface area contributed by atoms with Crippen molar-refractivity contribution in [2.45, 2.75) is 0 Å². The van der Waals surface area contributed by atoms with E-state index in [1.807, 2.05) is 41.8 Å². The van der Waals surface area contributed by atoms with Gasteiger partial charge in [-0.3, -0.25) is 15.6 Å². The molecule has 0 bridgehead atoms. The van der Waals surface area contributed by atoms with Crippen LogP contribution in [0.5, 0.6) is 0 Å². The van der Waals surface area contributed by atoms with Crippen LogP contribution in [-0.2, 0) is 0 Å². The third kappa shape index (κ3) is 2.95. The maximum Gasteiger partial charge on any atom is 0.279 e. The van der Waals surface area contributed by atoms with Crippen molar-refractivity contribution >= 4 is 22.9 Å². The zero-order valence-electron chi connectivity index (χ0n) is 9.14. The van der Waals surface area contributed by atoms with Gasteiger partial charge in [-0.2, -0.15) is 0 Å². The van der Waals surface area contributed by atoms with E-state index in [-0.39, 0.29) is 5.91 Å². The summed E-state index contributed by atoms with van der Waals surface area (Å²) in [7, 11) is 0. The van der Waals surface area contributed by atoms with E-state index >= 15 is 0 Å². The number of rotatable bonds is 4. The van der Waals surface area contributed by atoms with Gasteiger partial charge in [0.25, 0.3) is 5.91 Å². The van der Waals surface area contributed by atoms with Crippen LogP contribution in [0.3, 0.4) is 0 Å². The van der Waals surface area contributed by atoms with E-state index < -0.39 is 0 Å². The summed E-state index contributed by atoms with van der Waals surface area (Å²) in [6.07, 6.45) is 0. The highest BCUT2D eigenvalue weighted by atomic mass is 32.1. The summed E-state index contributed by atoms with van der Waals surface area (Å²) in [6, 6.07) is 13.2. The summed E-state index contributed by atoms with van der Waals surface area (Å²) in [6.45, 7) is 3.86. The van der Waals surface area contributed by atoms with E-state index in [0.29, 0.717) is 10.6 Å². The zero-order valence-corrected chi connectivity index (χ0v) is 9.96. The monoisotopic (exact) mass is 244 g/mol. The summed E-state index contributed by atoms with van der Waals surface area (Å²) in [4.78, 5) is 12.3. The van der Waals surface area contributed by atoms with Crippen LogP contribution in [0.25, 0.3) is 5.70 Å². The first kappa shape index (κ1) is 11.4. The molecule has 0 fully saturated rings. The van der Waals surface area contributed by atoms with Gasteiger partial charge >= 0.3 is 0 Å². The van der Waals surface area contributed by atoms with Gasteiger partial charge in [0.1, 0.15) is 0 Å². The minimum atomic E-state index is -0.155. The second kappa shape index (κ2) is 5.32. The van der Waals surface area contributed by atoms with E-state index in [1.165, 1.54) is 11.3 Å². The maximum absolute atomic E-state index is 11.6. The molecule has 3 nitrogen and oxygen atoms in total. The molecule has 0 saturated heterocycles. The van der Waals surface area contributed by atoms with Crippen molar-refractivity contribution in [1.82, 2.24) is 10.9 Å². The third-order valence-electron chi connectivity index (χ3n) is 2.19. The Bertz CT molecular complexity index is 505. The van der Waals surface area contributed by atoms with Gasteiger partial charge in [-0.05, 0) is 17.0 Å². The zero-order chi connectivity index (χ0) is 12.1. The molecule has 2 aromatic rings. The summed E-state index contributed by atoms with van der Waals surface area (Å²) >= 11 is 1.40. The largest absolute Gasteiger partial charge is 0.298 e. The van der Waals surface area contributed by atoms with Crippen molar-refractivity contribution in [2.75, 3.05) is 0 Å². The molecule has 1 heterocycles. The molecule has 0 radical (unpaired) electrons. The van der Waals surface area contributed by atoms with Gasteiger partial charge < -0.3 is 0 Å². The quantitative estimate of drug-likeness (QED) is 0.812. The van der Waals surface area contributed by atoms with Crippen LogP contribution < -0.4 is 10.9 Å². The Balaban J connectivity index is 1.91. The molecule has 17 heavy (non-hydrogen) atoms. The van der Waals surface area contributed by atoms with E-state index in [9.17, 15) is 4.79 Å². The van der Waals surface area contributed by atoms with Gasteiger partial charge in [-0.1, -0.05) is 43.0 Å². The first-order valence-corrected chi connectivity index (χ1v) is 5.99. The lowest BCUT2D eigenvalue weighted by Gasteiger charge is -2.10. The number of carbonyl (C=O) groups excluding carboxylic acids is 1. The molecule has 0 aliphatic heterocycles. The number of hydrogen-bond donors (Lipinski definition) is 2. The Hall–Kier alpha value is -2.07. The lowest BCUT2D eigenvalue weighted by atomic mass is 10.2. The van der Waals surface area contributed by atoms with Crippen molar-refractivity contribution in [3.8, 4) is 0 Å². The number of thiophene rings is 1. The van der Waals surface area contributed by atoms with Gasteiger partial charge in [0.15, 0.2) is 0 Å². The first-order valence-electron chi connectivity index (χ1n) is 5.11. The number of amides is 1. The molecule has 1 amide bonds. The number of hydrogen-bond acceptors (Lipinski definition) is 3. The fourth-order valence-corrected chi connectivity index (χ4v) is 1.93. The van der Waals surface area contributed by atoms with Gasteiger partial charge in [-0.15, -0.1) is 11.3 Å². The second-order valence-corrected chi connectivity index (χ2v) is 4.35. The molecule has 0 atom stereocenters. The second-order valence-electron chi connectivity index (χ2n) is 3.40. The Morgan fingerprint density at radius 2 is 1.82 bits per heavy atom. The Morgan fingerprint density at radius 1 is 1.06 bits per heavy atom. The predicted octanol–water partition coefficient (Wildman–Crippen LogP) is 2.65. The van der Waals surface area contributed by atoms with Gasteiger partial charge in [0.05, 0.1) is 10.6 Å². The number of hydrazine groups is 1. The summed E-state index contributed by atoms with van der Waals surface area (Å²) < 4.78 is 0. The van der Waals surface area contributed by atoms with Gasteiger partial charge in [-0.25, -0.2) is 0 Å². The molecular weight excluding hydrogens is 232 g/mol. The van der Waals surface area contributed by atoms with Crippen molar-refractivity contribution in [1.29, 1.82) is 0 Å². The van der Waals surface area contributed by atoms with Crippen LogP contribution in [0.1, 0.15) is 15.2 Å². The normalized spacial score (nSPS) is 9.65. The highest BCUT2D eigenvalue weighted by Crippen LogP contribution is 2.09. The van der Waals surface area contributed by atoms with Crippen LogP contribution in [0.4, 0.5) is 0 Å². The highest BCUT2D eigenvalue weighted by Gasteiger charge is 2.05. The summed E-state index contributed by atoms with van der Waals surface area (Å²) in [5, 5.41) is 1.86. The van der Waals surface area contributed by atoms with E-state index in [1.54, 1.807) is 6.07 Å². The predicted molar refractivity (Wildman–Crippen MR) is 70.4 cm³/mol. The van der Waals surface area contributed by atoms with Crippen LogP contribution >= 0.6 is 11.3 Å². The molecule has 1 aromatic heterocycles. The van der Waals surface area contributed by atoms with Crippen molar-refractivity contribution < 1.29 is 4.79 Å². The molecule has 2 rings (SSSR count). The van der Waals surface area contributed by atoms with Crippen molar-refractivity contribution in [3.63, 3.8) is 0 Å². The average Bonchev–Trinajstić information content (AvgIpc) is 2.90. The van der Waals surface area contributed by atoms with Crippen LogP contribution in [0, 0.1) is 0 Å². The molecule has 4 heteroatoms. The first-order chi connectivity index (χ1) is 8.27. The molecule has 0 aliphatic carbocycles. The van der Waals surface area contributed by atoms with Gasteiger partial charge in [0.2, 0.25) is 0 Å². The molecule has 2 N–H and O–H groups in total. The number of nitrogens with one attached hydrogen (secondary N) is 2. The van der Waals surface area contributed by atoms with Crippen molar-refractivity contribution in [2.24, 2.45) is 0 Å². The maximum atomic E-state index is 11.6. The Morgan fingerprint density at radius 3 is 2.47 bits per heavy atom. The minimum absolute atomic E-state index is 0.155. The standard InChI is InChI=1S/C13H12N2OS/c1-10(11-6-3-2-4-7-11)14-15-13(16)12-8-5-9-17-12/h2-9,14H,1H2,(H,15,16).